The molecule has 0 aromatic carbocycles. The van der Waals surface area contributed by atoms with Crippen molar-refractivity contribution in [2.75, 3.05) is 39.3 Å². The lowest BCUT2D eigenvalue weighted by Crippen LogP contribution is -2.52. The maximum absolute atomic E-state index is 12.2. The van der Waals surface area contributed by atoms with Crippen molar-refractivity contribution < 1.29 is 4.79 Å². The molecular formula is C17H24N6O. The number of nitriles is 1. The molecule has 0 unspecified atom stereocenters. The maximum Gasteiger partial charge on any atom is 0.317 e. The van der Waals surface area contributed by atoms with E-state index in [0.717, 1.165) is 50.5 Å². The number of hydrogen-bond acceptors (Lipinski definition) is 5. The molecule has 1 saturated heterocycles. The van der Waals surface area contributed by atoms with E-state index in [-0.39, 0.29) is 6.03 Å². The number of aromatic nitrogens is 2. The molecule has 7 nitrogen and oxygen atoms in total. The highest BCUT2D eigenvalue weighted by Gasteiger charge is 2.26. The Hall–Kier alpha value is -2.20. The van der Waals surface area contributed by atoms with Gasteiger partial charge >= 0.3 is 6.03 Å². The molecule has 1 N–H and O–H groups in total. The van der Waals surface area contributed by atoms with E-state index in [1.165, 1.54) is 12.8 Å². The Morgan fingerprint density at radius 3 is 2.58 bits per heavy atom. The lowest BCUT2D eigenvalue weighted by Gasteiger charge is -2.34. The molecule has 2 heterocycles. The SMILES string of the molecule is N#CCCN1CCN(C(=O)NCCc2cnc(C3CC3)nc2)CC1. The van der Waals surface area contributed by atoms with Crippen LogP contribution in [0.5, 0.6) is 0 Å². The molecule has 7 heteroatoms. The summed E-state index contributed by atoms with van der Waals surface area (Å²) in [7, 11) is 0. The molecule has 1 aromatic heterocycles. The van der Waals surface area contributed by atoms with Gasteiger partial charge in [0.2, 0.25) is 0 Å². The molecule has 24 heavy (non-hydrogen) atoms. The minimum Gasteiger partial charge on any atom is -0.338 e. The fraction of sp³-hybridized carbons (Fsp3) is 0.647. The van der Waals surface area contributed by atoms with Gasteiger partial charge in [-0.3, -0.25) is 4.90 Å². The van der Waals surface area contributed by atoms with E-state index in [1.54, 1.807) is 0 Å². The predicted octanol–water partition coefficient (Wildman–Crippen LogP) is 1.14. The first-order valence-electron chi connectivity index (χ1n) is 8.69. The number of hydrogen-bond donors (Lipinski definition) is 1. The van der Waals surface area contributed by atoms with E-state index >= 15 is 0 Å². The second kappa shape index (κ2) is 8.06. The average Bonchev–Trinajstić information content (AvgIpc) is 3.46. The Morgan fingerprint density at radius 2 is 1.96 bits per heavy atom. The molecule has 0 atom stereocenters. The topological polar surface area (TPSA) is 85.2 Å². The second-order valence-electron chi connectivity index (χ2n) is 6.44. The van der Waals surface area contributed by atoms with Gasteiger partial charge in [-0.05, 0) is 24.8 Å². The van der Waals surface area contributed by atoms with Gasteiger partial charge < -0.3 is 10.2 Å². The molecular weight excluding hydrogens is 304 g/mol. The number of urea groups is 1. The third-order valence-corrected chi connectivity index (χ3v) is 4.56. The third kappa shape index (κ3) is 4.65. The summed E-state index contributed by atoms with van der Waals surface area (Å²) in [6.07, 6.45) is 7.46. The maximum atomic E-state index is 12.2. The van der Waals surface area contributed by atoms with Crippen LogP contribution in [0.3, 0.4) is 0 Å². The van der Waals surface area contributed by atoms with E-state index < -0.39 is 0 Å². The third-order valence-electron chi connectivity index (χ3n) is 4.56. The van der Waals surface area contributed by atoms with Crippen LogP contribution in [-0.4, -0.2) is 65.1 Å². The summed E-state index contributed by atoms with van der Waals surface area (Å²) in [4.78, 5) is 25.0. The molecule has 3 rings (SSSR count). The van der Waals surface area contributed by atoms with Crippen molar-refractivity contribution >= 4 is 6.03 Å². The Bertz CT molecular complexity index is 584. The highest BCUT2D eigenvalue weighted by Crippen LogP contribution is 2.37. The number of amides is 2. The largest absolute Gasteiger partial charge is 0.338 e. The summed E-state index contributed by atoms with van der Waals surface area (Å²) in [6, 6.07) is 2.15. The number of nitrogens with zero attached hydrogens (tertiary/aromatic N) is 5. The summed E-state index contributed by atoms with van der Waals surface area (Å²) in [5, 5.41) is 11.6. The van der Waals surface area contributed by atoms with E-state index in [2.05, 4.69) is 26.3 Å². The summed E-state index contributed by atoms with van der Waals surface area (Å²) in [5.74, 6) is 1.53. The zero-order valence-corrected chi connectivity index (χ0v) is 13.9. The molecule has 2 fully saturated rings. The van der Waals surface area contributed by atoms with Crippen LogP contribution in [0.2, 0.25) is 0 Å². The van der Waals surface area contributed by atoms with Crippen LogP contribution < -0.4 is 5.32 Å². The summed E-state index contributed by atoms with van der Waals surface area (Å²) in [5.41, 5.74) is 1.06. The molecule has 2 aliphatic rings. The van der Waals surface area contributed by atoms with Crippen molar-refractivity contribution in [2.24, 2.45) is 0 Å². The van der Waals surface area contributed by atoms with Gasteiger partial charge in [-0.1, -0.05) is 0 Å². The van der Waals surface area contributed by atoms with Gasteiger partial charge in [0.25, 0.3) is 0 Å². The van der Waals surface area contributed by atoms with Crippen LogP contribution in [-0.2, 0) is 6.42 Å². The normalized spacial score (nSPS) is 18.2. The number of piperazine rings is 1. The highest BCUT2D eigenvalue weighted by molar-refractivity contribution is 5.74. The Labute approximate surface area is 142 Å². The lowest BCUT2D eigenvalue weighted by atomic mass is 10.2. The predicted molar refractivity (Wildman–Crippen MR) is 89.4 cm³/mol. The monoisotopic (exact) mass is 328 g/mol. The Balaban J connectivity index is 1.34. The number of rotatable bonds is 6. The van der Waals surface area contributed by atoms with E-state index in [9.17, 15) is 4.79 Å². The zero-order valence-electron chi connectivity index (χ0n) is 13.9. The van der Waals surface area contributed by atoms with Crippen LogP contribution in [0, 0.1) is 11.3 Å². The quantitative estimate of drug-likeness (QED) is 0.846. The van der Waals surface area contributed by atoms with Gasteiger partial charge in [0.05, 0.1) is 6.07 Å². The smallest absolute Gasteiger partial charge is 0.317 e. The van der Waals surface area contributed by atoms with Crippen LogP contribution in [0.1, 0.15) is 36.6 Å². The molecule has 0 bridgehead atoms. The van der Waals surface area contributed by atoms with E-state index in [0.29, 0.717) is 18.9 Å². The molecule has 128 valence electrons. The summed E-state index contributed by atoms with van der Waals surface area (Å²) in [6.45, 7) is 4.51. The standard InChI is InChI=1S/C17H24N6O/c18-5-1-7-22-8-10-23(11-9-22)17(24)19-6-4-14-12-20-16(21-13-14)15-2-3-15/h12-13,15H,1-4,6-11H2,(H,19,24). The van der Waals surface area contributed by atoms with Crippen molar-refractivity contribution in [2.45, 2.75) is 31.6 Å². The Kier molecular flexibility index (Phi) is 5.59. The van der Waals surface area contributed by atoms with Crippen molar-refractivity contribution in [3.63, 3.8) is 0 Å². The van der Waals surface area contributed by atoms with Gasteiger partial charge in [-0.15, -0.1) is 0 Å². The Morgan fingerprint density at radius 1 is 1.25 bits per heavy atom. The minimum absolute atomic E-state index is 0.00884. The first kappa shape index (κ1) is 16.7. The van der Waals surface area contributed by atoms with Gasteiger partial charge in [-0.25, -0.2) is 14.8 Å². The van der Waals surface area contributed by atoms with Crippen molar-refractivity contribution in [3.8, 4) is 6.07 Å². The van der Waals surface area contributed by atoms with Crippen LogP contribution >= 0.6 is 0 Å². The van der Waals surface area contributed by atoms with Gasteiger partial charge in [0.1, 0.15) is 5.82 Å². The van der Waals surface area contributed by atoms with E-state index in [4.69, 9.17) is 5.26 Å². The van der Waals surface area contributed by atoms with Gasteiger partial charge in [0, 0.05) is 64.0 Å². The second-order valence-corrected chi connectivity index (χ2v) is 6.44. The van der Waals surface area contributed by atoms with E-state index in [1.807, 2.05) is 17.3 Å². The fourth-order valence-electron chi connectivity index (χ4n) is 2.85. The average molecular weight is 328 g/mol. The number of carbonyl (C=O) groups excluding carboxylic acids is 1. The van der Waals surface area contributed by atoms with Crippen LogP contribution in [0.25, 0.3) is 0 Å². The van der Waals surface area contributed by atoms with Crippen molar-refractivity contribution in [1.82, 2.24) is 25.1 Å². The zero-order chi connectivity index (χ0) is 16.8. The fourth-order valence-corrected chi connectivity index (χ4v) is 2.85. The first-order valence-corrected chi connectivity index (χ1v) is 8.69. The van der Waals surface area contributed by atoms with Crippen molar-refractivity contribution in [3.05, 3.63) is 23.8 Å². The van der Waals surface area contributed by atoms with Crippen LogP contribution in [0.15, 0.2) is 12.4 Å². The molecule has 1 aromatic rings. The molecule has 0 radical (unpaired) electrons. The molecule has 1 aliphatic heterocycles. The highest BCUT2D eigenvalue weighted by atomic mass is 16.2. The van der Waals surface area contributed by atoms with Gasteiger partial charge in [-0.2, -0.15) is 5.26 Å². The molecule has 1 aliphatic carbocycles. The lowest BCUT2D eigenvalue weighted by molar-refractivity contribution is 0.141. The molecule has 2 amide bonds. The van der Waals surface area contributed by atoms with Crippen LogP contribution in [0.4, 0.5) is 4.79 Å². The summed E-state index contributed by atoms with van der Waals surface area (Å²) >= 11 is 0. The number of carbonyl (C=O) groups is 1. The summed E-state index contributed by atoms with van der Waals surface area (Å²) < 4.78 is 0. The first-order chi connectivity index (χ1) is 11.8. The molecule has 0 spiro atoms. The molecule has 1 saturated carbocycles. The van der Waals surface area contributed by atoms with Gasteiger partial charge in [0.15, 0.2) is 0 Å². The minimum atomic E-state index is -0.00884. The van der Waals surface area contributed by atoms with Crippen molar-refractivity contribution in [1.29, 1.82) is 5.26 Å². The number of nitrogens with one attached hydrogen (secondary N) is 1.